The molecule has 0 saturated carbocycles. The van der Waals surface area contributed by atoms with Crippen LogP contribution in [0.4, 0.5) is 0 Å². The third-order valence-corrected chi connectivity index (χ3v) is 4.06. The van der Waals surface area contributed by atoms with Crippen molar-refractivity contribution in [3.05, 3.63) is 18.2 Å². The highest BCUT2D eigenvalue weighted by molar-refractivity contribution is 4.92. The second-order valence-corrected chi connectivity index (χ2v) is 5.65. The Bertz CT molecular complexity index is 365. The predicted octanol–water partition coefficient (Wildman–Crippen LogP) is -4.49. The summed E-state index contributed by atoms with van der Waals surface area (Å²) in [6, 6.07) is 0. The number of rotatable bonds is 5. The van der Waals surface area contributed by atoms with Gasteiger partial charge in [-0.1, -0.05) is 0 Å². The average Bonchev–Trinajstić information content (AvgIpc) is 2.70. The van der Waals surface area contributed by atoms with Gasteiger partial charge in [-0.2, -0.15) is 0 Å². The van der Waals surface area contributed by atoms with Crippen LogP contribution in [0.5, 0.6) is 0 Å². The maximum atomic E-state index is 3.93. The molecule has 102 valence electrons. The first-order valence-corrected chi connectivity index (χ1v) is 7.17. The molecular formula is C13H29N5+4. The first-order chi connectivity index (χ1) is 8.69. The summed E-state index contributed by atoms with van der Waals surface area (Å²) in [4.78, 5) is 3.44. The number of nitrogens with one attached hydrogen (secondary N) is 2. The van der Waals surface area contributed by atoms with Crippen molar-refractivity contribution in [3.63, 3.8) is 0 Å². The Labute approximate surface area is 110 Å². The maximum absolute atomic E-state index is 3.93. The molecular weight excluding hydrogens is 226 g/mol. The van der Waals surface area contributed by atoms with Gasteiger partial charge in [0, 0.05) is 0 Å². The van der Waals surface area contributed by atoms with E-state index in [0.29, 0.717) is 0 Å². The van der Waals surface area contributed by atoms with Gasteiger partial charge in [0.15, 0.2) is 0 Å². The standard InChI is InChI=1S/C13H26N5/c1-15-5-7-17(8-6-15)9-10-18-11-13(3-4-14)16(2)12-18/h11-12H,3-10,14H2,1-2H3/q+1/p+3. The Kier molecular flexibility index (Phi) is 4.74. The van der Waals surface area contributed by atoms with Gasteiger partial charge in [0.25, 0.3) is 0 Å². The summed E-state index contributed by atoms with van der Waals surface area (Å²) in [5, 5.41) is 0. The minimum absolute atomic E-state index is 0.977. The third kappa shape index (κ3) is 3.54. The highest BCUT2D eigenvalue weighted by Gasteiger charge is 2.20. The van der Waals surface area contributed by atoms with Crippen molar-refractivity contribution in [1.82, 2.24) is 4.57 Å². The van der Waals surface area contributed by atoms with Crippen LogP contribution < -0.4 is 20.1 Å². The second kappa shape index (κ2) is 6.31. The molecule has 2 heterocycles. The molecule has 5 nitrogen and oxygen atoms in total. The highest BCUT2D eigenvalue weighted by Crippen LogP contribution is 1.93. The van der Waals surface area contributed by atoms with Gasteiger partial charge in [0.05, 0.1) is 27.1 Å². The molecule has 1 aromatic heterocycles. The largest absolute Gasteiger partial charge is 0.357 e. The smallest absolute Gasteiger partial charge is 0.243 e. The predicted molar refractivity (Wildman–Crippen MR) is 69.3 cm³/mol. The van der Waals surface area contributed by atoms with E-state index in [-0.39, 0.29) is 0 Å². The van der Waals surface area contributed by atoms with Crippen LogP contribution in [0.25, 0.3) is 0 Å². The van der Waals surface area contributed by atoms with Crippen molar-refractivity contribution < 1.29 is 20.1 Å². The van der Waals surface area contributed by atoms with Crippen LogP contribution in [0.2, 0.25) is 0 Å². The molecule has 18 heavy (non-hydrogen) atoms. The van der Waals surface area contributed by atoms with Gasteiger partial charge in [0.2, 0.25) is 6.33 Å². The molecule has 0 atom stereocenters. The van der Waals surface area contributed by atoms with Crippen LogP contribution in [0, 0.1) is 0 Å². The molecule has 1 saturated heterocycles. The van der Waals surface area contributed by atoms with Crippen molar-refractivity contribution in [2.75, 3.05) is 46.3 Å². The van der Waals surface area contributed by atoms with Gasteiger partial charge < -0.3 is 15.5 Å². The Morgan fingerprint density at radius 3 is 2.72 bits per heavy atom. The molecule has 0 aromatic carbocycles. The number of aryl methyl sites for hydroxylation is 1. The zero-order valence-corrected chi connectivity index (χ0v) is 11.9. The number of hydrogen-bond acceptors (Lipinski definition) is 0. The molecule has 0 radical (unpaired) electrons. The summed E-state index contributed by atoms with van der Waals surface area (Å²) in [6.07, 6.45) is 5.58. The summed E-state index contributed by atoms with van der Waals surface area (Å²) in [5.41, 5.74) is 5.32. The highest BCUT2D eigenvalue weighted by atomic mass is 15.3. The molecule has 2 rings (SSSR count). The van der Waals surface area contributed by atoms with Crippen LogP contribution in [-0.4, -0.2) is 50.9 Å². The molecule has 0 spiro atoms. The first-order valence-electron chi connectivity index (χ1n) is 7.17. The molecule has 1 aliphatic rings. The van der Waals surface area contributed by atoms with Gasteiger partial charge in [0.1, 0.15) is 51.2 Å². The van der Waals surface area contributed by atoms with Crippen molar-refractivity contribution in [3.8, 4) is 0 Å². The van der Waals surface area contributed by atoms with Gasteiger partial charge in [-0.05, 0) is 0 Å². The molecule has 0 bridgehead atoms. The molecule has 1 aliphatic heterocycles. The number of hydrogen-bond donors (Lipinski definition) is 3. The van der Waals surface area contributed by atoms with Gasteiger partial charge in [-0.15, -0.1) is 0 Å². The van der Waals surface area contributed by atoms with E-state index >= 15 is 0 Å². The van der Waals surface area contributed by atoms with Gasteiger partial charge in [-0.3, -0.25) is 0 Å². The van der Waals surface area contributed by atoms with Crippen LogP contribution >= 0.6 is 0 Å². The van der Waals surface area contributed by atoms with Crippen molar-refractivity contribution in [2.24, 2.45) is 7.05 Å². The average molecular weight is 255 g/mol. The Morgan fingerprint density at radius 1 is 1.33 bits per heavy atom. The third-order valence-electron chi connectivity index (χ3n) is 4.06. The Balaban J connectivity index is 1.81. The minimum Gasteiger partial charge on any atom is -0.357 e. The molecule has 0 aliphatic carbocycles. The van der Waals surface area contributed by atoms with Crippen molar-refractivity contribution >= 4 is 0 Å². The van der Waals surface area contributed by atoms with Crippen LogP contribution in [0.1, 0.15) is 5.69 Å². The van der Waals surface area contributed by atoms with Crippen LogP contribution in [0.3, 0.4) is 0 Å². The molecule has 1 fully saturated rings. The van der Waals surface area contributed by atoms with E-state index in [1.807, 2.05) is 0 Å². The molecule has 1 aromatic rings. The lowest BCUT2D eigenvalue weighted by molar-refractivity contribution is -1.01. The molecule has 0 unspecified atom stereocenters. The summed E-state index contributed by atoms with van der Waals surface area (Å²) in [5.74, 6) is 0. The zero-order chi connectivity index (χ0) is 13.0. The van der Waals surface area contributed by atoms with Gasteiger partial charge >= 0.3 is 0 Å². The number of likely N-dealkylation sites (N-methyl/N-ethyl adjacent to an activating group) is 1. The fraction of sp³-hybridized carbons (Fsp3) is 0.769. The number of quaternary nitrogens is 3. The van der Waals surface area contributed by atoms with Crippen LogP contribution in [-0.2, 0) is 20.0 Å². The monoisotopic (exact) mass is 255 g/mol. The first kappa shape index (κ1) is 13.5. The lowest BCUT2D eigenvalue weighted by atomic mass is 10.3. The summed E-state index contributed by atoms with van der Waals surface area (Å²) >= 11 is 0. The van der Waals surface area contributed by atoms with Crippen LogP contribution in [0.15, 0.2) is 12.5 Å². The van der Waals surface area contributed by atoms with Gasteiger partial charge in [-0.25, -0.2) is 9.13 Å². The van der Waals surface area contributed by atoms with E-state index < -0.39 is 0 Å². The Morgan fingerprint density at radius 2 is 2.06 bits per heavy atom. The number of piperazine rings is 1. The normalized spacial score (nSPS) is 24.4. The lowest BCUT2D eigenvalue weighted by Gasteiger charge is -2.26. The summed E-state index contributed by atoms with van der Waals surface area (Å²) in [6.45, 7) is 8.66. The fourth-order valence-electron chi connectivity index (χ4n) is 2.72. The quantitative estimate of drug-likeness (QED) is 0.444. The van der Waals surface area contributed by atoms with Crippen molar-refractivity contribution in [1.29, 1.82) is 0 Å². The van der Waals surface area contributed by atoms with E-state index in [0.717, 1.165) is 19.5 Å². The molecule has 0 amide bonds. The van der Waals surface area contributed by atoms with E-state index in [4.69, 9.17) is 0 Å². The Hall–Kier alpha value is -0.910. The lowest BCUT2D eigenvalue weighted by Crippen LogP contribution is -3.27. The summed E-state index contributed by atoms with van der Waals surface area (Å²) < 4.78 is 4.57. The second-order valence-electron chi connectivity index (χ2n) is 5.65. The number of aromatic nitrogens is 2. The zero-order valence-electron chi connectivity index (χ0n) is 11.9. The number of nitrogens with zero attached hydrogens (tertiary/aromatic N) is 2. The van der Waals surface area contributed by atoms with Crippen molar-refractivity contribution in [2.45, 2.75) is 13.0 Å². The van der Waals surface area contributed by atoms with E-state index in [9.17, 15) is 0 Å². The van der Waals surface area contributed by atoms with E-state index in [1.165, 1.54) is 38.4 Å². The number of imidazole rings is 1. The van der Waals surface area contributed by atoms with E-state index in [1.54, 1.807) is 9.80 Å². The maximum Gasteiger partial charge on any atom is 0.243 e. The molecule has 5 N–H and O–H groups in total. The SMILES string of the molecule is Cn1c[n+](CC[NH+]2CC[NH+](C)CC2)cc1CC[NH3+]. The minimum atomic E-state index is 0.977. The topological polar surface area (TPSA) is 45.3 Å². The molecule has 5 heteroatoms. The fourth-order valence-corrected chi connectivity index (χ4v) is 2.72. The van der Waals surface area contributed by atoms with E-state index in [2.05, 4.69) is 41.5 Å². The summed E-state index contributed by atoms with van der Waals surface area (Å²) in [7, 11) is 4.43.